The molecule has 112 valence electrons. The Morgan fingerprint density at radius 3 is 2.95 bits per heavy atom. The van der Waals surface area contributed by atoms with Gasteiger partial charge in [-0.05, 0) is 56.4 Å². The first-order chi connectivity index (χ1) is 10.1. The number of aromatic nitrogens is 2. The minimum atomic E-state index is 0.247. The third-order valence-electron chi connectivity index (χ3n) is 4.63. The summed E-state index contributed by atoms with van der Waals surface area (Å²) in [4.78, 5) is 0. The van der Waals surface area contributed by atoms with E-state index in [2.05, 4.69) is 30.3 Å². The summed E-state index contributed by atoms with van der Waals surface area (Å²) in [5.74, 6) is 0.354. The second kappa shape index (κ2) is 5.53. The van der Waals surface area contributed by atoms with Crippen molar-refractivity contribution in [3.63, 3.8) is 0 Å². The molecule has 2 N–H and O–H groups in total. The Balaban J connectivity index is 1.83. The number of fused-ring (bicyclic) bond motifs is 1. The maximum absolute atomic E-state index is 9.76. The van der Waals surface area contributed by atoms with E-state index in [1.165, 1.54) is 28.8 Å². The van der Waals surface area contributed by atoms with Gasteiger partial charge in [-0.15, -0.1) is 0 Å². The van der Waals surface area contributed by atoms with Gasteiger partial charge in [-0.2, -0.15) is 5.10 Å². The second-order valence-corrected chi connectivity index (χ2v) is 6.03. The zero-order chi connectivity index (χ0) is 15.0. The van der Waals surface area contributed by atoms with Crippen LogP contribution in [0.4, 0.5) is 0 Å². The van der Waals surface area contributed by atoms with Crippen molar-refractivity contribution in [1.29, 1.82) is 0 Å². The molecule has 0 bridgehead atoms. The topological polar surface area (TPSA) is 50.1 Å². The molecule has 2 aromatic rings. The van der Waals surface area contributed by atoms with Gasteiger partial charge in [-0.3, -0.25) is 4.68 Å². The Hall–Kier alpha value is -1.81. The molecule has 0 aliphatic heterocycles. The number of hydrogen-bond acceptors (Lipinski definition) is 3. The minimum absolute atomic E-state index is 0.247. The van der Waals surface area contributed by atoms with Crippen LogP contribution in [-0.2, 0) is 13.5 Å². The molecule has 0 fully saturated rings. The fourth-order valence-corrected chi connectivity index (χ4v) is 3.29. The molecule has 1 aliphatic carbocycles. The van der Waals surface area contributed by atoms with Crippen LogP contribution >= 0.6 is 0 Å². The lowest BCUT2D eigenvalue weighted by Crippen LogP contribution is -2.28. The predicted molar refractivity (Wildman–Crippen MR) is 83.3 cm³/mol. The van der Waals surface area contributed by atoms with Crippen LogP contribution in [0.15, 0.2) is 24.4 Å². The SMILES string of the molecule is Cc1c(C(C)NC2CCCc3ccc(O)cc32)cnn1C. The first-order valence-electron chi connectivity index (χ1n) is 7.62. The van der Waals surface area contributed by atoms with Crippen LogP contribution in [0.5, 0.6) is 5.75 Å². The van der Waals surface area contributed by atoms with Crippen LogP contribution < -0.4 is 5.32 Å². The summed E-state index contributed by atoms with van der Waals surface area (Å²) in [7, 11) is 1.97. The van der Waals surface area contributed by atoms with Crippen molar-refractivity contribution in [2.75, 3.05) is 0 Å². The number of phenols is 1. The molecule has 1 aromatic heterocycles. The highest BCUT2D eigenvalue weighted by atomic mass is 16.3. The third kappa shape index (κ3) is 2.68. The molecule has 0 amide bonds. The van der Waals surface area contributed by atoms with Crippen LogP contribution in [0.1, 0.15) is 54.2 Å². The molecule has 0 radical (unpaired) electrons. The van der Waals surface area contributed by atoms with Gasteiger partial charge in [0, 0.05) is 30.4 Å². The average molecular weight is 285 g/mol. The van der Waals surface area contributed by atoms with Gasteiger partial charge in [0.1, 0.15) is 5.75 Å². The van der Waals surface area contributed by atoms with E-state index >= 15 is 0 Å². The van der Waals surface area contributed by atoms with E-state index < -0.39 is 0 Å². The lowest BCUT2D eigenvalue weighted by atomic mass is 9.87. The molecule has 0 spiro atoms. The van der Waals surface area contributed by atoms with E-state index in [1.54, 1.807) is 6.07 Å². The predicted octanol–water partition coefficient (Wildman–Crippen LogP) is 3.16. The first-order valence-corrected chi connectivity index (χ1v) is 7.62. The summed E-state index contributed by atoms with van der Waals surface area (Å²) in [6, 6.07) is 6.30. The van der Waals surface area contributed by atoms with Crippen molar-refractivity contribution in [2.24, 2.45) is 7.05 Å². The number of benzene rings is 1. The van der Waals surface area contributed by atoms with Crippen LogP contribution in [0.3, 0.4) is 0 Å². The number of rotatable bonds is 3. The quantitative estimate of drug-likeness (QED) is 0.910. The van der Waals surface area contributed by atoms with Gasteiger partial charge in [0.2, 0.25) is 0 Å². The fourth-order valence-electron chi connectivity index (χ4n) is 3.29. The zero-order valence-corrected chi connectivity index (χ0v) is 12.9. The maximum atomic E-state index is 9.76. The number of aryl methyl sites for hydroxylation is 2. The Labute approximate surface area is 125 Å². The van der Waals surface area contributed by atoms with Gasteiger partial charge in [-0.1, -0.05) is 6.07 Å². The van der Waals surface area contributed by atoms with Gasteiger partial charge >= 0.3 is 0 Å². The number of nitrogens with one attached hydrogen (secondary N) is 1. The third-order valence-corrected chi connectivity index (χ3v) is 4.63. The van der Waals surface area contributed by atoms with Crippen molar-refractivity contribution in [1.82, 2.24) is 15.1 Å². The van der Waals surface area contributed by atoms with Crippen LogP contribution in [0, 0.1) is 6.92 Å². The Morgan fingerprint density at radius 2 is 2.24 bits per heavy atom. The van der Waals surface area contributed by atoms with E-state index in [4.69, 9.17) is 0 Å². The van der Waals surface area contributed by atoms with Crippen molar-refractivity contribution >= 4 is 0 Å². The van der Waals surface area contributed by atoms with E-state index in [0.29, 0.717) is 11.8 Å². The van der Waals surface area contributed by atoms with Gasteiger partial charge in [0.15, 0.2) is 0 Å². The highest BCUT2D eigenvalue weighted by molar-refractivity contribution is 5.38. The van der Waals surface area contributed by atoms with Gasteiger partial charge < -0.3 is 10.4 Å². The van der Waals surface area contributed by atoms with Crippen molar-refractivity contribution in [3.05, 3.63) is 46.8 Å². The summed E-state index contributed by atoms with van der Waals surface area (Å²) in [5.41, 5.74) is 5.04. The molecule has 4 nitrogen and oxygen atoms in total. The fraction of sp³-hybridized carbons (Fsp3) is 0.471. The first kappa shape index (κ1) is 14.1. The van der Waals surface area contributed by atoms with E-state index in [0.717, 1.165) is 12.8 Å². The van der Waals surface area contributed by atoms with Crippen LogP contribution in [0.2, 0.25) is 0 Å². The van der Waals surface area contributed by atoms with E-state index in [1.807, 2.05) is 24.0 Å². The maximum Gasteiger partial charge on any atom is 0.115 e. The number of nitrogens with zero attached hydrogens (tertiary/aromatic N) is 2. The molecule has 21 heavy (non-hydrogen) atoms. The lowest BCUT2D eigenvalue weighted by molar-refractivity contribution is 0.410. The summed E-state index contributed by atoms with van der Waals surface area (Å²) >= 11 is 0. The Kier molecular flexibility index (Phi) is 3.72. The molecular weight excluding hydrogens is 262 g/mol. The molecule has 0 saturated heterocycles. The van der Waals surface area contributed by atoms with E-state index in [-0.39, 0.29) is 6.04 Å². The molecule has 1 heterocycles. The van der Waals surface area contributed by atoms with Crippen molar-refractivity contribution in [2.45, 2.75) is 45.2 Å². The van der Waals surface area contributed by atoms with Gasteiger partial charge in [0.25, 0.3) is 0 Å². The number of hydrogen-bond donors (Lipinski definition) is 2. The Bertz CT molecular complexity index is 647. The highest BCUT2D eigenvalue weighted by Gasteiger charge is 2.23. The minimum Gasteiger partial charge on any atom is -0.508 e. The van der Waals surface area contributed by atoms with Crippen molar-refractivity contribution in [3.8, 4) is 5.75 Å². The van der Waals surface area contributed by atoms with E-state index in [9.17, 15) is 5.11 Å². The normalized spacial score (nSPS) is 19.3. The average Bonchev–Trinajstić information content (AvgIpc) is 2.80. The summed E-state index contributed by atoms with van der Waals surface area (Å²) in [6.45, 7) is 4.28. The molecule has 0 saturated carbocycles. The highest BCUT2D eigenvalue weighted by Crippen LogP contribution is 2.34. The van der Waals surface area contributed by atoms with Crippen LogP contribution in [-0.4, -0.2) is 14.9 Å². The second-order valence-electron chi connectivity index (χ2n) is 6.03. The molecule has 1 aliphatic rings. The molecule has 3 rings (SSSR count). The molecule has 1 aromatic carbocycles. The monoisotopic (exact) mass is 285 g/mol. The summed E-state index contributed by atoms with van der Waals surface area (Å²) in [6.07, 6.45) is 5.35. The lowest BCUT2D eigenvalue weighted by Gasteiger charge is -2.29. The smallest absolute Gasteiger partial charge is 0.115 e. The number of phenolic OH excluding ortho intramolecular Hbond substituents is 1. The van der Waals surface area contributed by atoms with Gasteiger partial charge in [-0.25, -0.2) is 0 Å². The molecular formula is C17H23N3O. The zero-order valence-electron chi connectivity index (χ0n) is 12.9. The number of aromatic hydroxyl groups is 1. The van der Waals surface area contributed by atoms with Gasteiger partial charge in [0.05, 0.1) is 6.20 Å². The molecule has 2 atom stereocenters. The standard InChI is InChI=1S/C17H23N3O/c1-11(16-10-18-20(3)12(16)2)19-17-6-4-5-13-7-8-14(21)9-15(13)17/h7-11,17,19,21H,4-6H2,1-3H3. The Morgan fingerprint density at radius 1 is 1.43 bits per heavy atom. The summed E-state index contributed by atoms with van der Waals surface area (Å²) < 4.78 is 1.91. The molecule has 4 heteroatoms. The molecule has 2 unspecified atom stereocenters. The summed E-state index contributed by atoms with van der Waals surface area (Å²) in [5, 5.41) is 17.8. The van der Waals surface area contributed by atoms with Crippen molar-refractivity contribution < 1.29 is 5.11 Å². The van der Waals surface area contributed by atoms with Crippen LogP contribution in [0.25, 0.3) is 0 Å². The largest absolute Gasteiger partial charge is 0.508 e.